The fraction of sp³-hybridized carbons (Fsp3) is 0.188. The van der Waals surface area contributed by atoms with Gasteiger partial charge in [0.2, 0.25) is 0 Å². The average molecular weight is 413 g/mol. The molecule has 0 aliphatic rings. The van der Waals surface area contributed by atoms with E-state index in [1.54, 1.807) is 0 Å². The fourth-order valence-corrected chi connectivity index (χ4v) is 5.54. The van der Waals surface area contributed by atoms with Crippen LogP contribution in [0.25, 0.3) is 59.9 Å². The van der Waals surface area contributed by atoms with Crippen molar-refractivity contribution in [2.75, 3.05) is 0 Å². The van der Waals surface area contributed by atoms with Gasteiger partial charge >= 0.3 is 0 Å². The molecule has 0 saturated heterocycles. The summed E-state index contributed by atoms with van der Waals surface area (Å²) in [4.78, 5) is 0. The Bertz CT molecular complexity index is 1590. The van der Waals surface area contributed by atoms with Crippen molar-refractivity contribution in [2.45, 2.75) is 39.0 Å². The number of hydrogen-bond acceptors (Lipinski definition) is 0. The summed E-state index contributed by atoms with van der Waals surface area (Å²) in [6.45, 7) is 2.27. The molecular formula is C32H28. The van der Waals surface area contributed by atoms with Gasteiger partial charge in [-0.3, -0.25) is 0 Å². The summed E-state index contributed by atoms with van der Waals surface area (Å²) in [5.74, 6) is 0. The van der Waals surface area contributed by atoms with Crippen molar-refractivity contribution in [3.63, 3.8) is 0 Å². The van der Waals surface area contributed by atoms with Gasteiger partial charge in [-0.2, -0.15) is 0 Å². The van der Waals surface area contributed by atoms with Crippen molar-refractivity contribution in [1.82, 2.24) is 0 Å². The van der Waals surface area contributed by atoms with Gasteiger partial charge in [0.25, 0.3) is 0 Å². The molecule has 0 spiro atoms. The van der Waals surface area contributed by atoms with Crippen molar-refractivity contribution in [2.24, 2.45) is 0 Å². The summed E-state index contributed by atoms with van der Waals surface area (Å²) in [5, 5.41) is 13.6. The molecule has 0 heteroatoms. The second-order valence-electron chi connectivity index (χ2n) is 9.06. The molecule has 0 aliphatic carbocycles. The van der Waals surface area contributed by atoms with E-state index in [-0.39, 0.29) is 0 Å². The van der Waals surface area contributed by atoms with E-state index in [0.29, 0.717) is 0 Å². The highest BCUT2D eigenvalue weighted by Crippen LogP contribution is 2.43. The van der Waals surface area contributed by atoms with Crippen LogP contribution >= 0.6 is 0 Å². The molecule has 0 heterocycles. The first-order valence-corrected chi connectivity index (χ1v) is 12.0. The lowest BCUT2D eigenvalue weighted by Gasteiger charge is -2.17. The Morgan fingerprint density at radius 2 is 1.22 bits per heavy atom. The smallest absolute Gasteiger partial charge is 0.00139 e. The quantitative estimate of drug-likeness (QED) is 0.145. The maximum atomic E-state index is 2.41. The Kier molecular flexibility index (Phi) is 4.80. The maximum Gasteiger partial charge on any atom is -0.00139 e. The van der Waals surface area contributed by atoms with Crippen LogP contribution in [-0.2, 0) is 0 Å². The zero-order valence-corrected chi connectivity index (χ0v) is 18.7. The predicted octanol–water partition coefficient (Wildman–Crippen LogP) is 9.87. The number of benzene rings is 6. The van der Waals surface area contributed by atoms with E-state index in [4.69, 9.17) is 0 Å². The van der Waals surface area contributed by atoms with Crippen LogP contribution < -0.4 is 0 Å². The molecule has 0 nitrogen and oxygen atoms in total. The van der Waals surface area contributed by atoms with Crippen LogP contribution in [0.2, 0.25) is 0 Å². The minimum Gasteiger partial charge on any atom is -0.0839 e. The summed E-state index contributed by atoms with van der Waals surface area (Å²) in [6.07, 6.45) is 11.1. The van der Waals surface area contributed by atoms with Gasteiger partial charge in [-0.15, -0.1) is 0 Å². The lowest BCUT2D eigenvalue weighted by Crippen LogP contribution is -1.89. The first kappa shape index (κ1) is 19.3. The third kappa shape index (κ3) is 2.98. The van der Waals surface area contributed by atoms with Gasteiger partial charge in [-0.25, -0.2) is 0 Å². The van der Waals surface area contributed by atoms with Crippen molar-refractivity contribution >= 4 is 59.9 Å². The maximum absolute atomic E-state index is 2.41. The molecule has 0 unspecified atom stereocenters. The molecule has 0 amide bonds. The molecule has 0 bridgehead atoms. The van der Waals surface area contributed by atoms with Gasteiger partial charge in [0.15, 0.2) is 0 Å². The molecule has 32 heavy (non-hydrogen) atoms. The van der Waals surface area contributed by atoms with Crippen LogP contribution in [0.1, 0.15) is 44.6 Å². The van der Waals surface area contributed by atoms with Gasteiger partial charge in [0.05, 0.1) is 0 Å². The third-order valence-corrected chi connectivity index (χ3v) is 7.04. The average Bonchev–Trinajstić information content (AvgIpc) is 2.84. The normalized spacial score (nSPS) is 12.4. The van der Waals surface area contributed by atoms with Crippen LogP contribution in [0.5, 0.6) is 0 Å². The van der Waals surface area contributed by atoms with E-state index in [1.807, 2.05) is 0 Å². The molecule has 0 saturated carbocycles. The molecule has 0 atom stereocenters. The summed E-state index contributed by atoms with van der Waals surface area (Å²) in [7, 11) is 0. The fourth-order valence-electron chi connectivity index (χ4n) is 5.54. The molecule has 0 radical (unpaired) electrons. The van der Waals surface area contributed by atoms with Gasteiger partial charge in [-0.05, 0) is 78.3 Å². The molecule has 0 fully saturated rings. The van der Waals surface area contributed by atoms with Crippen molar-refractivity contribution in [3.8, 4) is 0 Å². The molecular weight excluding hydrogens is 384 g/mol. The topological polar surface area (TPSA) is 0 Å². The minimum atomic E-state index is 1.16. The van der Waals surface area contributed by atoms with Crippen LogP contribution in [0.15, 0.2) is 84.9 Å². The van der Waals surface area contributed by atoms with Crippen molar-refractivity contribution in [3.05, 3.63) is 90.5 Å². The molecule has 6 rings (SSSR count). The lowest BCUT2D eigenvalue weighted by molar-refractivity contribution is 0.675. The van der Waals surface area contributed by atoms with Crippen molar-refractivity contribution in [1.29, 1.82) is 0 Å². The zero-order valence-electron chi connectivity index (χ0n) is 18.7. The lowest BCUT2D eigenvalue weighted by atomic mass is 9.86. The zero-order chi connectivity index (χ0) is 21.5. The van der Waals surface area contributed by atoms with E-state index in [1.165, 1.54) is 85.1 Å². The SMILES string of the molecule is CCCCCCC=Cc1cccc2c1cc1cccc3c4cccc5cccc(c54)c2c13. The molecule has 6 aromatic carbocycles. The Morgan fingerprint density at radius 3 is 2.00 bits per heavy atom. The van der Waals surface area contributed by atoms with E-state index in [0.717, 1.165) is 6.42 Å². The second kappa shape index (κ2) is 7.95. The van der Waals surface area contributed by atoms with Gasteiger partial charge in [-0.1, -0.05) is 111 Å². The van der Waals surface area contributed by atoms with Crippen LogP contribution in [0.4, 0.5) is 0 Å². The first-order valence-electron chi connectivity index (χ1n) is 12.0. The Labute approximate surface area is 189 Å². The summed E-state index contributed by atoms with van der Waals surface area (Å²) >= 11 is 0. The Balaban J connectivity index is 1.65. The van der Waals surface area contributed by atoms with Crippen LogP contribution in [0, 0.1) is 0 Å². The highest BCUT2D eigenvalue weighted by molar-refractivity contribution is 6.38. The predicted molar refractivity (Wildman–Crippen MR) is 143 cm³/mol. The summed E-state index contributed by atoms with van der Waals surface area (Å²) in [5.41, 5.74) is 1.33. The first-order chi connectivity index (χ1) is 15.9. The number of unbranched alkanes of at least 4 members (excludes halogenated alkanes) is 4. The summed E-state index contributed by atoms with van der Waals surface area (Å²) < 4.78 is 0. The van der Waals surface area contributed by atoms with E-state index in [9.17, 15) is 0 Å². The minimum absolute atomic E-state index is 1.16. The van der Waals surface area contributed by atoms with Gasteiger partial charge in [0.1, 0.15) is 0 Å². The Morgan fingerprint density at radius 1 is 0.562 bits per heavy atom. The monoisotopic (exact) mass is 412 g/mol. The molecule has 0 aliphatic heterocycles. The summed E-state index contributed by atoms with van der Waals surface area (Å²) in [6, 6.07) is 29.5. The molecule has 6 aromatic rings. The molecule has 156 valence electrons. The van der Waals surface area contributed by atoms with Gasteiger partial charge < -0.3 is 0 Å². The van der Waals surface area contributed by atoms with Gasteiger partial charge in [0, 0.05) is 0 Å². The number of rotatable bonds is 6. The molecule has 0 aromatic heterocycles. The Hall–Kier alpha value is -3.38. The third-order valence-electron chi connectivity index (χ3n) is 7.04. The number of hydrogen-bond donors (Lipinski definition) is 0. The van der Waals surface area contributed by atoms with E-state index < -0.39 is 0 Å². The van der Waals surface area contributed by atoms with Crippen LogP contribution in [0.3, 0.4) is 0 Å². The largest absolute Gasteiger partial charge is 0.0839 e. The highest BCUT2D eigenvalue weighted by Gasteiger charge is 2.15. The standard InChI is InChI=1S/C32H28/c1-2-3-4-5-6-7-12-22-13-8-19-27-29(22)21-24-16-11-18-26-25-17-9-14-23-15-10-20-28(30(23)25)32(27)31(24)26/h7-21H,2-6H2,1H3. The number of allylic oxidation sites excluding steroid dienone is 1. The van der Waals surface area contributed by atoms with Crippen LogP contribution in [-0.4, -0.2) is 0 Å². The molecule has 0 N–H and O–H groups in total. The van der Waals surface area contributed by atoms with E-state index >= 15 is 0 Å². The highest BCUT2D eigenvalue weighted by atomic mass is 14.2. The second-order valence-corrected chi connectivity index (χ2v) is 9.06. The number of fused-ring (bicyclic) bond motifs is 4. The van der Waals surface area contributed by atoms with E-state index in [2.05, 4.69) is 97.9 Å². The van der Waals surface area contributed by atoms with Crippen molar-refractivity contribution < 1.29 is 0 Å².